The zero-order chi connectivity index (χ0) is 11.4. The minimum atomic E-state index is -0.253. The Labute approximate surface area is 95.8 Å². The molecule has 0 radical (unpaired) electrons. The van der Waals surface area contributed by atoms with Gasteiger partial charge in [0.2, 0.25) is 0 Å². The third-order valence-corrected chi connectivity index (χ3v) is 3.14. The van der Waals surface area contributed by atoms with Crippen LogP contribution in [0.25, 0.3) is 0 Å². The molecule has 0 saturated carbocycles. The number of benzene rings is 1. The molecule has 1 fully saturated rings. The van der Waals surface area contributed by atoms with Crippen molar-refractivity contribution in [2.45, 2.75) is 12.8 Å². The van der Waals surface area contributed by atoms with E-state index in [2.05, 4.69) is 11.4 Å². The molecule has 2 nitrogen and oxygen atoms in total. The summed E-state index contributed by atoms with van der Waals surface area (Å²) in [4.78, 5) is 0. The molecule has 1 aliphatic rings. The van der Waals surface area contributed by atoms with Gasteiger partial charge in [-0.2, -0.15) is 0 Å². The summed E-state index contributed by atoms with van der Waals surface area (Å²) in [5.41, 5.74) is 1.18. The summed E-state index contributed by atoms with van der Waals surface area (Å²) in [5, 5.41) is 3.24. The largest absolute Gasteiger partial charge is 0.494 e. The van der Waals surface area contributed by atoms with Gasteiger partial charge >= 0.3 is 0 Å². The summed E-state index contributed by atoms with van der Waals surface area (Å²) in [6.07, 6.45) is 0. The molecule has 1 saturated heterocycles. The fourth-order valence-corrected chi connectivity index (χ4v) is 2.29. The highest BCUT2D eigenvalue weighted by Crippen LogP contribution is 2.30. The maximum absolute atomic E-state index is 12.8. The Kier molecular flexibility index (Phi) is 3.78. The van der Waals surface area contributed by atoms with Crippen LogP contribution in [0.3, 0.4) is 0 Å². The lowest BCUT2D eigenvalue weighted by Gasteiger charge is -2.16. The number of ether oxygens (including phenoxy) is 1. The smallest absolute Gasteiger partial charge is 0.119 e. The molecule has 1 aromatic rings. The van der Waals surface area contributed by atoms with Gasteiger partial charge in [-0.05, 0) is 24.6 Å². The van der Waals surface area contributed by atoms with Crippen molar-refractivity contribution >= 4 is 0 Å². The molecular weight excluding hydrogens is 205 g/mol. The SMILES string of the molecule is CCOc1cccc([C@H]2CNC[C@@H]2CF)c1. The first-order valence-corrected chi connectivity index (χ1v) is 5.84. The molecule has 0 spiro atoms. The van der Waals surface area contributed by atoms with Crippen LogP contribution in [-0.4, -0.2) is 26.4 Å². The average molecular weight is 223 g/mol. The van der Waals surface area contributed by atoms with Gasteiger partial charge in [-0.1, -0.05) is 12.1 Å². The van der Waals surface area contributed by atoms with Crippen molar-refractivity contribution in [2.75, 3.05) is 26.4 Å². The number of alkyl halides is 1. The van der Waals surface area contributed by atoms with E-state index >= 15 is 0 Å². The van der Waals surface area contributed by atoms with Crippen molar-refractivity contribution in [2.24, 2.45) is 5.92 Å². The molecule has 0 bridgehead atoms. The molecule has 0 amide bonds. The Balaban J connectivity index is 2.16. The first-order valence-electron chi connectivity index (χ1n) is 5.84. The summed E-state index contributed by atoms with van der Waals surface area (Å²) in [5.74, 6) is 1.27. The van der Waals surface area contributed by atoms with Crippen molar-refractivity contribution in [1.29, 1.82) is 0 Å². The van der Waals surface area contributed by atoms with Gasteiger partial charge in [0, 0.05) is 24.9 Å². The van der Waals surface area contributed by atoms with E-state index in [0.29, 0.717) is 6.61 Å². The second-order valence-corrected chi connectivity index (χ2v) is 4.18. The number of hydrogen-bond acceptors (Lipinski definition) is 2. The predicted octanol–water partition coefficient (Wildman–Crippen LogP) is 2.36. The van der Waals surface area contributed by atoms with Crippen molar-refractivity contribution in [3.8, 4) is 5.75 Å². The number of nitrogens with one attached hydrogen (secondary N) is 1. The van der Waals surface area contributed by atoms with Crippen molar-refractivity contribution < 1.29 is 9.13 Å². The van der Waals surface area contributed by atoms with Gasteiger partial charge in [0.05, 0.1) is 13.3 Å². The second-order valence-electron chi connectivity index (χ2n) is 4.18. The van der Waals surface area contributed by atoms with Gasteiger partial charge in [-0.25, -0.2) is 0 Å². The molecular formula is C13H18FNO. The predicted molar refractivity (Wildman–Crippen MR) is 62.7 cm³/mol. The Morgan fingerprint density at radius 1 is 1.44 bits per heavy atom. The fraction of sp³-hybridized carbons (Fsp3) is 0.538. The van der Waals surface area contributed by atoms with Gasteiger partial charge in [0.25, 0.3) is 0 Å². The second kappa shape index (κ2) is 5.30. The minimum absolute atomic E-state index is 0.108. The van der Waals surface area contributed by atoms with Crippen LogP contribution in [0.2, 0.25) is 0 Å². The van der Waals surface area contributed by atoms with E-state index < -0.39 is 0 Å². The topological polar surface area (TPSA) is 21.3 Å². The lowest BCUT2D eigenvalue weighted by molar-refractivity contribution is 0.337. The van der Waals surface area contributed by atoms with Crippen LogP contribution in [-0.2, 0) is 0 Å². The maximum atomic E-state index is 12.8. The van der Waals surface area contributed by atoms with E-state index in [4.69, 9.17) is 4.74 Å². The van der Waals surface area contributed by atoms with Crippen LogP contribution in [0.4, 0.5) is 4.39 Å². The summed E-state index contributed by atoms with van der Waals surface area (Å²) >= 11 is 0. The van der Waals surface area contributed by atoms with Gasteiger partial charge in [0.1, 0.15) is 5.75 Å². The highest BCUT2D eigenvalue weighted by atomic mass is 19.1. The van der Waals surface area contributed by atoms with Crippen LogP contribution >= 0.6 is 0 Å². The average Bonchev–Trinajstić information content (AvgIpc) is 2.78. The first-order chi connectivity index (χ1) is 7.85. The molecule has 16 heavy (non-hydrogen) atoms. The normalized spacial score (nSPS) is 24.6. The Hall–Kier alpha value is -1.09. The Morgan fingerprint density at radius 3 is 3.06 bits per heavy atom. The molecule has 3 heteroatoms. The van der Waals surface area contributed by atoms with E-state index in [-0.39, 0.29) is 18.5 Å². The summed E-state index contributed by atoms with van der Waals surface area (Å²) in [6.45, 7) is 4.02. The van der Waals surface area contributed by atoms with E-state index in [1.807, 2.05) is 25.1 Å². The van der Waals surface area contributed by atoms with Crippen molar-refractivity contribution in [3.05, 3.63) is 29.8 Å². The molecule has 0 unspecified atom stereocenters. The Morgan fingerprint density at radius 2 is 2.31 bits per heavy atom. The number of halogens is 1. The molecule has 1 aromatic carbocycles. The monoisotopic (exact) mass is 223 g/mol. The van der Waals surface area contributed by atoms with E-state index in [9.17, 15) is 4.39 Å². The summed E-state index contributed by atoms with van der Waals surface area (Å²) in [6, 6.07) is 8.01. The molecule has 88 valence electrons. The highest BCUT2D eigenvalue weighted by molar-refractivity contribution is 5.32. The molecule has 2 rings (SSSR count). The van der Waals surface area contributed by atoms with Crippen LogP contribution in [0, 0.1) is 5.92 Å². The molecule has 1 heterocycles. The first kappa shape index (κ1) is 11.4. The van der Waals surface area contributed by atoms with Gasteiger partial charge in [-0.15, -0.1) is 0 Å². The molecule has 0 aromatic heterocycles. The molecule has 1 N–H and O–H groups in total. The quantitative estimate of drug-likeness (QED) is 0.846. The Bertz CT molecular complexity index is 342. The van der Waals surface area contributed by atoms with E-state index in [0.717, 1.165) is 18.8 Å². The maximum Gasteiger partial charge on any atom is 0.119 e. The van der Waals surface area contributed by atoms with Gasteiger partial charge < -0.3 is 10.1 Å². The van der Waals surface area contributed by atoms with Crippen molar-refractivity contribution in [1.82, 2.24) is 5.32 Å². The van der Waals surface area contributed by atoms with Gasteiger partial charge in [0.15, 0.2) is 0 Å². The molecule has 2 atom stereocenters. The fourth-order valence-electron chi connectivity index (χ4n) is 2.29. The van der Waals surface area contributed by atoms with E-state index in [1.165, 1.54) is 5.56 Å². The van der Waals surface area contributed by atoms with Crippen LogP contribution in [0.15, 0.2) is 24.3 Å². The zero-order valence-corrected chi connectivity index (χ0v) is 9.58. The zero-order valence-electron chi connectivity index (χ0n) is 9.58. The molecule has 1 aliphatic heterocycles. The van der Waals surface area contributed by atoms with Crippen LogP contribution in [0.1, 0.15) is 18.4 Å². The lowest BCUT2D eigenvalue weighted by Crippen LogP contribution is -2.12. The third-order valence-electron chi connectivity index (χ3n) is 3.14. The van der Waals surface area contributed by atoms with Gasteiger partial charge in [-0.3, -0.25) is 4.39 Å². The summed E-state index contributed by atoms with van der Waals surface area (Å²) < 4.78 is 18.3. The van der Waals surface area contributed by atoms with Crippen molar-refractivity contribution in [3.63, 3.8) is 0 Å². The molecule has 0 aliphatic carbocycles. The standard InChI is InChI=1S/C13H18FNO/c1-2-16-12-5-3-4-10(6-12)13-9-15-8-11(13)7-14/h3-6,11,13,15H,2,7-9H2,1H3/t11-,13+/m0/s1. The minimum Gasteiger partial charge on any atom is -0.494 e. The number of hydrogen-bond donors (Lipinski definition) is 1. The van der Waals surface area contributed by atoms with Crippen LogP contribution in [0.5, 0.6) is 5.75 Å². The van der Waals surface area contributed by atoms with Crippen LogP contribution < -0.4 is 10.1 Å². The lowest BCUT2D eigenvalue weighted by atomic mass is 9.90. The number of rotatable bonds is 4. The van der Waals surface area contributed by atoms with E-state index in [1.54, 1.807) is 0 Å². The summed E-state index contributed by atoms with van der Waals surface area (Å²) in [7, 11) is 0. The highest BCUT2D eigenvalue weighted by Gasteiger charge is 2.28. The third kappa shape index (κ3) is 2.35.